The highest BCUT2D eigenvalue weighted by Gasteiger charge is 2.33. The van der Waals surface area contributed by atoms with E-state index < -0.39 is 0 Å². The fraction of sp³-hybridized carbons (Fsp3) is 0.818. The first-order valence-corrected chi connectivity index (χ1v) is 10.8. The summed E-state index contributed by atoms with van der Waals surface area (Å²) in [4.78, 5) is 24.4. The van der Waals surface area contributed by atoms with Crippen molar-refractivity contribution in [2.45, 2.75) is 85.2 Å². The van der Waals surface area contributed by atoms with E-state index in [1.165, 1.54) is 18.4 Å². The molecule has 0 spiro atoms. The number of hydrogen-bond donors (Lipinski definition) is 3. The SMILES string of the molecule is CC1=C[C@@H](CNC(=O)NC(C)C)[C@H](C(C)C)C[C@H]1CC(=O)NC1CCCC1. The average molecular weight is 378 g/mol. The summed E-state index contributed by atoms with van der Waals surface area (Å²) in [7, 11) is 0. The van der Waals surface area contributed by atoms with Crippen LogP contribution in [0.3, 0.4) is 0 Å². The molecule has 5 heteroatoms. The smallest absolute Gasteiger partial charge is 0.315 e. The van der Waals surface area contributed by atoms with Gasteiger partial charge in [0.15, 0.2) is 0 Å². The predicted octanol–water partition coefficient (Wildman–Crippen LogP) is 4.00. The predicted molar refractivity (Wildman–Crippen MR) is 110 cm³/mol. The summed E-state index contributed by atoms with van der Waals surface area (Å²) in [6.45, 7) is 11.2. The lowest BCUT2D eigenvalue weighted by Gasteiger charge is -2.37. The number of carbonyl (C=O) groups excluding carboxylic acids is 2. The molecule has 0 aromatic carbocycles. The monoisotopic (exact) mass is 377 g/mol. The van der Waals surface area contributed by atoms with Crippen LogP contribution in [0, 0.1) is 23.7 Å². The summed E-state index contributed by atoms with van der Waals surface area (Å²) in [5.41, 5.74) is 1.30. The number of carbonyl (C=O) groups is 2. The van der Waals surface area contributed by atoms with Gasteiger partial charge in [0.05, 0.1) is 0 Å². The zero-order chi connectivity index (χ0) is 20.0. The molecule has 0 heterocycles. The molecule has 0 unspecified atom stereocenters. The van der Waals surface area contributed by atoms with Crippen LogP contribution in [0.25, 0.3) is 0 Å². The lowest BCUT2D eigenvalue weighted by Crippen LogP contribution is -2.43. The van der Waals surface area contributed by atoms with Crippen LogP contribution in [0.1, 0.15) is 73.1 Å². The largest absolute Gasteiger partial charge is 0.353 e. The molecule has 3 amide bonds. The van der Waals surface area contributed by atoms with Crippen molar-refractivity contribution < 1.29 is 9.59 Å². The molecule has 2 aliphatic rings. The highest BCUT2D eigenvalue weighted by molar-refractivity contribution is 5.77. The van der Waals surface area contributed by atoms with E-state index in [1.54, 1.807) is 0 Å². The first-order chi connectivity index (χ1) is 12.8. The Hall–Kier alpha value is -1.52. The van der Waals surface area contributed by atoms with E-state index in [0.29, 0.717) is 42.7 Å². The summed E-state index contributed by atoms with van der Waals surface area (Å²) in [5, 5.41) is 9.13. The van der Waals surface area contributed by atoms with Crippen molar-refractivity contribution in [1.29, 1.82) is 0 Å². The Bertz CT molecular complexity index is 536. The van der Waals surface area contributed by atoms with Gasteiger partial charge in [0.1, 0.15) is 0 Å². The second kappa shape index (κ2) is 10.1. The number of urea groups is 1. The van der Waals surface area contributed by atoms with Crippen LogP contribution in [0.2, 0.25) is 0 Å². The van der Waals surface area contributed by atoms with Gasteiger partial charge in [-0.1, -0.05) is 38.3 Å². The molecule has 154 valence electrons. The van der Waals surface area contributed by atoms with Gasteiger partial charge in [-0.2, -0.15) is 0 Å². The van der Waals surface area contributed by atoms with Crippen LogP contribution in [0.15, 0.2) is 11.6 Å². The second-order valence-electron chi connectivity index (χ2n) is 9.18. The molecule has 1 fully saturated rings. The Kier molecular flexibility index (Phi) is 8.18. The van der Waals surface area contributed by atoms with Gasteiger partial charge in [-0.05, 0) is 63.7 Å². The molecule has 3 N–H and O–H groups in total. The molecule has 1 saturated carbocycles. The Labute approximate surface area is 165 Å². The molecule has 0 bridgehead atoms. The zero-order valence-corrected chi connectivity index (χ0v) is 17.8. The first kappa shape index (κ1) is 21.8. The fourth-order valence-corrected chi connectivity index (χ4v) is 4.61. The highest BCUT2D eigenvalue weighted by atomic mass is 16.2. The van der Waals surface area contributed by atoms with Crippen molar-refractivity contribution >= 4 is 11.9 Å². The quantitative estimate of drug-likeness (QED) is 0.587. The number of nitrogens with one attached hydrogen (secondary N) is 3. The van der Waals surface area contributed by atoms with Crippen LogP contribution in [0.4, 0.5) is 4.79 Å². The molecule has 0 aliphatic heterocycles. The minimum Gasteiger partial charge on any atom is -0.353 e. The van der Waals surface area contributed by atoms with Crippen molar-refractivity contribution in [2.24, 2.45) is 23.7 Å². The maximum Gasteiger partial charge on any atom is 0.315 e. The topological polar surface area (TPSA) is 70.2 Å². The molecule has 3 atom stereocenters. The molecule has 5 nitrogen and oxygen atoms in total. The van der Waals surface area contributed by atoms with E-state index in [0.717, 1.165) is 19.3 Å². The summed E-state index contributed by atoms with van der Waals surface area (Å²) < 4.78 is 0. The molecule has 0 aromatic rings. The number of amides is 3. The summed E-state index contributed by atoms with van der Waals surface area (Å²) in [6, 6.07) is 0.427. The number of rotatable bonds is 7. The van der Waals surface area contributed by atoms with Crippen LogP contribution < -0.4 is 16.0 Å². The van der Waals surface area contributed by atoms with E-state index in [-0.39, 0.29) is 18.0 Å². The van der Waals surface area contributed by atoms with Crippen LogP contribution in [-0.4, -0.2) is 30.6 Å². The third kappa shape index (κ3) is 6.86. The lowest BCUT2D eigenvalue weighted by atomic mass is 9.69. The summed E-state index contributed by atoms with van der Waals surface area (Å²) >= 11 is 0. The molecule has 2 aliphatic carbocycles. The van der Waals surface area contributed by atoms with Crippen LogP contribution in [0.5, 0.6) is 0 Å². The van der Waals surface area contributed by atoms with Gasteiger partial charge in [-0.3, -0.25) is 4.79 Å². The van der Waals surface area contributed by atoms with Crippen molar-refractivity contribution in [1.82, 2.24) is 16.0 Å². The highest BCUT2D eigenvalue weighted by Crippen LogP contribution is 2.38. The standard InChI is InChI=1S/C22H39N3O2/c1-14(2)20-11-17(12-21(26)25-19-8-6-7-9-19)16(5)10-18(20)13-23-22(27)24-15(3)4/h10,14-15,17-20H,6-9,11-13H2,1-5H3,(H,25,26)(H2,23,24,27)/t17-,18-,20-/m0/s1. The summed E-state index contributed by atoms with van der Waals surface area (Å²) in [5.74, 6) is 1.86. The van der Waals surface area contributed by atoms with Gasteiger partial charge < -0.3 is 16.0 Å². The van der Waals surface area contributed by atoms with E-state index in [1.807, 2.05) is 13.8 Å². The Morgan fingerprint density at radius 3 is 2.41 bits per heavy atom. The Morgan fingerprint density at radius 1 is 1.15 bits per heavy atom. The number of hydrogen-bond acceptors (Lipinski definition) is 2. The third-order valence-electron chi connectivity index (χ3n) is 6.15. The van der Waals surface area contributed by atoms with Crippen LogP contribution >= 0.6 is 0 Å². The van der Waals surface area contributed by atoms with E-state index in [9.17, 15) is 9.59 Å². The molecule has 0 aromatic heterocycles. The Morgan fingerprint density at radius 2 is 1.81 bits per heavy atom. The summed E-state index contributed by atoms with van der Waals surface area (Å²) in [6.07, 6.45) is 8.66. The normalized spacial score (nSPS) is 26.2. The molecule has 0 saturated heterocycles. The van der Waals surface area contributed by atoms with E-state index >= 15 is 0 Å². The Balaban J connectivity index is 1.93. The van der Waals surface area contributed by atoms with Gasteiger partial charge >= 0.3 is 6.03 Å². The zero-order valence-electron chi connectivity index (χ0n) is 17.8. The average Bonchev–Trinajstić information content (AvgIpc) is 3.06. The second-order valence-corrected chi connectivity index (χ2v) is 9.18. The molecular weight excluding hydrogens is 338 g/mol. The molecule has 2 rings (SSSR count). The fourth-order valence-electron chi connectivity index (χ4n) is 4.61. The van der Waals surface area contributed by atoms with Crippen LogP contribution in [-0.2, 0) is 4.79 Å². The van der Waals surface area contributed by atoms with E-state index in [2.05, 4.69) is 42.8 Å². The first-order valence-electron chi connectivity index (χ1n) is 10.8. The van der Waals surface area contributed by atoms with Gasteiger partial charge in [-0.25, -0.2) is 4.79 Å². The van der Waals surface area contributed by atoms with Gasteiger partial charge in [0.2, 0.25) is 5.91 Å². The minimum atomic E-state index is -0.100. The van der Waals surface area contributed by atoms with Crippen molar-refractivity contribution in [2.75, 3.05) is 6.54 Å². The van der Waals surface area contributed by atoms with Gasteiger partial charge in [0, 0.05) is 25.0 Å². The van der Waals surface area contributed by atoms with Crippen molar-refractivity contribution in [3.05, 3.63) is 11.6 Å². The van der Waals surface area contributed by atoms with Crippen molar-refractivity contribution in [3.63, 3.8) is 0 Å². The molecular formula is C22H39N3O2. The number of allylic oxidation sites excluding steroid dienone is 1. The van der Waals surface area contributed by atoms with Gasteiger partial charge in [0.25, 0.3) is 0 Å². The molecule has 27 heavy (non-hydrogen) atoms. The molecule has 0 radical (unpaired) electrons. The maximum absolute atomic E-state index is 12.5. The third-order valence-corrected chi connectivity index (χ3v) is 6.15. The minimum absolute atomic E-state index is 0.100. The maximum atomic E-state index is 12.5. The lowest BCUT2D eigenvalue weighted by molar-refractivity contribution is -0.122. The van der Waals surface area contributed by atoms with Gasteiger partial charge in [-0.15, -0.1) is 0 Å². The van der Waals surface area contributed by atoms with E-state index in [4.69, 9.17) is 0 Å². The van der Waals surface area contributed by atoms with Crippen molar-refractivity contribution in [3.8, 4) is 0 Å².